The maximum Gasteiger partial charge on any atom is 0.257 e. The molecular weight excluding hydrogens is 322 g/mol. The van der Waals surface area contributed by atoms with E-state index in [1.807, 2.05) is 0 Å². The summed E-state index contributed by atoms with van der Waals surface area (Å²) in [5.74, 6) is -2.55. The van der Waals surface area contributed by atoms with Gasteiger partial charge in [-0.3, -0.25) is 4.79 Å². The largest absolute Gasteiger partial charge is 0.383 e. The van der Waals surface area contributed by atoms with E-state index in [2.05, 4.69) is 26.6 Å². The summed E-state index contributed by atoms with van der Waals surface area (Å²) in [5.41, 5.74) is -0.569. The van der Waals surface area contributed by atoms with E-state index in [1.54, 1.807) is 7.11 Å². The molecule has 0 aromatic heterocycles. The van der Waals surface area contributed by atoms with Crippen LogP contribution in [-0.4, -0.2) is 39.3 Å². The van der Waals surface area contributed by atoms with E-state index in [0.29, 0.717) is 19.7 Å². The minimum Gasteiger partial charge on any atom is -0.383 e. The SMILES string of the molecule is COCCNCCNC(=O)c1c(F)cc(Br)cc1F. The minimum atomic E-state index is -0.892. The number of methoxy groups -OCH3 is 1. The lowest BCUT2D eigenvalue weighted by molar-refractivity contribution is 0.0945. The van der Waals surface area contributed by atoms with Gasteiger partial charge < -0.3 is 15.4 Å². The van der Waals surface area contributed by atoms with E-state index < -0.39 is 23.1 Å². The number of carbonyl (C=O) groups excluding carboxylic acids is 1. The van der Waals surface area contributed by atoms with Gasteiger partial charge in [0.25, 0.3) is 5.91 Å². The van der Waals surface area contributed by atoms with Gasteiger partial charge in [-0.1, -0.05) is 15.9 Å². The predicted molar refractivity (Wildman–Crippen MR) is 71.1 cm³/mol. The topological polar surface area (TPSA) is 50.4 Å². The highest BCUT2D eigenvalue weighted by Crippen LogP contribution is 2.19. The summed E-state index contributed by atoms with van der Waals surface area (Å²) in [6.45, 7) is 1.98. The minimum absolute atomic E-state index is 0.250. The van der Waals surface area contributed by atoms with Crippen LogP contribution in [0, 0.1) is 11.6 Å². The molecule has 0 spiro atoms. The third-order valence-electron chi connectivity index (χ3n) is 2.30. The lowest BCUT2D eigenvalue weighted by Crippen LogP contribution is -2.33. The van der Waals surface area contributed by atoms with E-state index >= 15 is 0 Å². The molecular formula is C12H15BrF2N2O2. The number of hydrogen-bond donors (Lipinski definition) is 2. The van der Waals surface area contributed by atoms with Crippen LogP contribution in [0.5, 0.6) is 0 Å². The van der Waals surface area contributed by atoms with Crippen LogP contribution in [0.1, 0.15) is 10.4 Å². The molecule has 0 bridgehead atoms. The Kier molecular flexibility index (Phi) is 6.90. The van der Waals surface area contributed by atoms with Crippen LogP contribution in [0.25, 0.3) is 0 Å². The molecule has 0 unspecified atom stereocenters. The third-order valence-corrected chi connectivity index (χ3v) is 2.76. The summed E-state index contributed by atoms with van der Waals surface area (Å²) in [6, 6.07) is 2.10. The molecule has 0 heterocycles. The lowest BCUT2D eigenvalue weighted by atomic mass is 10.2. The zero-order valence-corrected chi connectivity index (χ0v) is 12.0. The second-order valence-corrected chi connectivity index (χ2v) is 4.66. The summed E-state index contributed by atoms with van der Waals surface area (Å²) in [7, 11) is 1.59. The second kappa shape index (κ2) is 8.19. The highest BCUT2D eigenvalue weighted by Gasteiger charge is 2.17. The van der Waals surface area contributed by atoms with Gasteiger partial charge in [-0.15, -0.1) is 0 Å². The highest BCUT2D eigenvalue weighted by atomic mass is 79.9. The first-order chi connectivity index (χ1) is 9.06. The van der Waals surface area contributed by atoms with Crippen LogP contribution in [0.3, 0.4) is 0 Å². The maximum atomic E-state index is 13.5. The van der Waals surface area contributed by atoms with Crippen LogP contribution in [0.15, 0.2) is 16.6 Å². The van der Waals surface area contributed by atoms with Gasteiger partial charge in [0.1, 0.15) is 17.2 Å². The molecule has 1 rings (SSSR count). The first-order valence-corrected chi connectivity index (χ1v) is 6.48. The van der Waals surface area contributed by atoms with Crippen molar-refractivity contribution in [3.63, 3.8) is 0 Å². The number of amides is 1. The monoisotopic (exact) mass is 336 g/mol. The normalized spacial score (nSPS) is 10.5. The van der Waals surface area contributed by atoms with Gasteiger partial charge in [-0.25, -0.2) is 8.78 Å². The Hall–Kier alpha value is -1.05. The first-order valence-electron chi connectivity index (χ1n) is 5.68. The number of halogens is 3. The quantitative estimate of drug-likeness (QED) is 0.745. The zero-order chi connectivity index (χ0) is 14.3. The van der Waals surface area contributed by atoms with Gasteiger partial charge in [0, 0.05) is 31.2 Å². The van der Waals surface area contributed by atoms with Gasteiger partial charge in [0.2, 0.25) is 0 Å². The van der Waals surface area contributed by atoms with Crippen LogP contribution < -0.4 is 10.6 Å². The summed E-state index contributed by atoms with van der Waals surface area (Å²) < 4.78 is 32.0. The van der Waals surface area contributed by atoms with Crippen LogP contribution in [0.4, 0.5) is 8.78 Å². The van der Waals surface area contributed by atoms with E-state index in [4.69, 9.17) is 4.74 Å². The summed E-state index contributed by atoms with van der Waals surface area (Å²) in [4.78, 5) is 11.6. The van der Waals surface area contributed by atoms with Gasteiger partial charge in [0.15, 0.2) is 0 Å². The Labute approximate surface area is 118 Å². The first kappa shape index (κ1) is 16.0. The van der Waals surface area contributed by atoms with Crippen molar-refractivity contribution in [2.75, 3.05) is 33.4 Å². The molecule has 0 radical (unpaired) electrons. The Morgan fingerprint density at radius 2 is 1.89 bits per heavy atom. The van der Waals surface area contributed by atoms with Crippen molar-refractivity contribution in [3.05, 3.63) is 33.8 Å². The number of hydrogen-bond acceptors (Lipinski definition) is 3. The molecule has 0 saturated heterocycles. The van der Waals surface area contributed by atoms with Crippen LogP contribution >= 0.6 is 15.9 Å². The van der Waals surface area contributed by atoms with Gasteiger partial charge in [0.05, 0.1) is 6.61 Å². The summed E-state index contributed by atoms with van der Waals surface area (Å²) in [6.07, 6.45) is 0. The standard InChI is InChI=1S/C12H15BrF2N2O2/c1-19-5-4-16-2-3-17-12(18)11-9(14)6-8(13)7-10(11)15/h6-7,16H,2-5H2,1H3,(H,17,18). The maximum absolute atomic E-state index is 13.5. The van der Waals surface area contributed by atoms with Gasteiger partial charge >= 0.3 is 0 Å². The van der Waals surface area contributed by atoms with E-state index in [1.165, 1.54) is 0 Å². The molecule has 0 fully saturated rings. The Bertz CT molecular complexity index is 421. The molecule has 0 aliphatic heterocycles. The van der Waals surface area contributed by atoms with E-state index in [-0.39, 0.29) is 11.0 Å². The van der Waals surface area contributed by atoms with Crippen LogP contribution in [-0.2, 0) is 4.74 Å². The predicted octanol–water partition coefficient (Wildman–Crippen LogP) is 1.69. The smallest absolute Gasteiger partial charge is 0.257 e. The average molecular weight is 337 g/mol. The van der Waals surface area contributed by atoms with Crippen molar-refractivity contribution in [1.82, 2.24) is 10.6 Å². The molecule has 1 amide bonds. The van der Waals surface area contributed by atoms with Crippen molar-refractivity contribution < 1.29 is 18.3 Å². The third kappa shape index (κ3) is 5.22. The second-order valence-electron chi connectivity index (χ2n) is 3.74. The van der Waals surface area contributed by atoms with Crippen LogP contribution in [0.2, 0.25) is 0 Å². The van der Waals surface area contributed by atoms with Gasteiger partial charge in [-0.05, 0) is 12.1 Å². The Balaban J connectivity index is 2.46. The molecule has 1 aromatic rings. The highest BCUT2D eigenvalue weighted by molar-refractivity contribution is 9.10. The fourth-order valence-electron chi connectivity index (χ4n) is 1.41. The Morgan fingerprint density at radius 3 is 2.47 bits per heavy atom. The van der Waals surface area contributed by atoms with Crippen molar-refractivity contribution in [2.45, 2.75) is 0 Å². The molecule has 19 heavy (non-hydrogen) atoms. The Morgan fingerprint density at radius 1 is 1.26 bits per heavy atom. The average Bonchev–Trinajstić information content (AvgIpc) is 2.32. The van der Waals surface area contributed by atoms with Crippen molar-refractivity contribution in [2.24, 2.45) is 0 Å². The molecule has 106 valence electrons. The van der Waals surface area contributed by atoms with E-state index in [0.717, 1.165) is 12.1 Å². The van der Waals surface area contributed by atoms with E-state index in [9.17, 15) is 13.6 Å². The summed E-state index contributed by atoms with van der Waals surface area (Å²) >= 11 is 2.95. The number of ether oxygens (including phenoxy) is 1. The molecule has 0 aliphatic rings. The molecule has 1 aromatic carbocycles. The molecule has 0 aliphatic carbocycles. The van der Waals surface area contributed by atoms with Crippen molar-refractivity contribution >= 4 is 21.8 Å². The molecule has 7 heteroatoms. The fraction of sp³-hybridized carbons (Fsp3) is 0.417. The molecule has 0 saturated carbocycles. The number of nitrogens with one attached hydrogen (secondary N) is 2. The number of benzene rings is 1. The number of rotatable bonds is 7. The molecule has 0 atom stereocenters. The lowest BCUT2D eigenvalue weighted by Gasteiger charge is -2.08. The number of carbonyl (C=O) groups is 1. The van der Waals surface area contributed by atoms with Crippen molar-refractivity contribution in [1.29, 1.82) is 0 Å². The van der Waals surface area contributed by atoms with Gasteiger partial charge in [-0.2, -0.15) is 0 Å². The summed E-state index contributed by atoms with van der Waals surface area (Å²) in [5, 5.41) is 5.44. The molecule has 2 N–H and O–H groups in total. The zero-order valence-electron chi connectivity index (χ0n) is 10.4. The van der Waals surface area contributed by atoms with Crippen molar-refractivity contribution in [3.8, 4) is 0 Å². The molecule has 4 nitrogen and oxygen atoms in total. The fourth-order valence-corrected chi connectivity index (χ4v) is 1.81.